The zero-order valence-electron chi connectivity index (χ0n) is 10.9. The van der Waals surface area contributed by atoms with E-state index in [-0.39, 0.29) is 27.2 Å². The van der Waals surface area contributed by atoms with Crippen LogP contribution in [0.3, 0.4) is 0 Å². The first-order valence-electron chi connectivity index (χ1n) is 5.83. The van der Waals surface area contributed by atoms with Crippen LogP contribution in [0.2, 0.25) is 5.15 Å². The van der Waals surface area contributed by atoms with Gasteiger partial charge in [-0.2, -0.15) is 0 Å². The second-order valence-electron chi connectivity index (χ2n) is 3.81. The summed E-state index contributed by atoms with van der Waals surface area (Å²) in [6, 6.07) is 4.20. The van der Waals surface area contributed by atoms with Crippen molar-refractivity contribution in [3.63, 3.8) is 0 Å². The van der Waals surface area contributed by atoms with Crippen LogP contribution in [0.4, 0.5) is 5.00 Å². The van der Waals surface area contributed by atoms with Gasteiger partial charge in [0.2, 0.25) is 0 Å². The normalized spacial score (nSPS) is 11.1. The molecule has 0 aliphatic carbocycles. The predicted molar refractivity (Wildman–Crippen MR) is 80.3 cm³/mol. The molecule has 0 aromatic carbocycles. The largest absolute Gasteiger partial charge is 0.462 e. The van der Waals surface area contributed by atoms with Gasteiger partial charge >= 0.3 is 5.97 Å². The molecule has 0 amide bonds. The van der Waals surface area contributed by atoms with Crippen molar-refractivity contribution in [1.82, 2.24) is 4.98 Å². The van der Waals surface area contributed by atoms with Crippen LogP contribution >= 0.6 is 22.9 Å². The van der Waals surface area contributed by atoms with Crippen molar-refractivity contribution < 1.29 is 17.9 Å². The monoisotopic (exact) mass is 346 g/mol. The molecule has 6 nitrogen and oxygen atoms in total. The number of rotatable bonds is 5. The van der Waals surface area contributed by atoms with Gasteiger partial charge in [-0.3, -0.25) is 4.72 Å². The predicted octanol–water partition coefficient (Wildman–Crippen LogP) is 2.77. The zero-order chi connectivity index (χ0) is 15.5. The summed E-state index contributed by atoms with van der Waals surface area (Å²) in [6.07, 6.45) is 1.14. The highest BCUT2D eigenvalue weighted by Crippen LogP contribution is 2.27. The Kier molecular flexibility index (Phi) is 4.81. The van der Waals surface area contributed by atoms with E-state index in [1.54, 1.807) is 12.3 Å². The molecule has 0 saturated heterocycles. The van der Waals surface area contributed by atoms with Crippen molar-refractivity contribution in [3.05, 3.63) is 40.5 Å². The maximum Gasteiger partial charge on any atom is 0.341 e. The lowest BCUT2D eigenvalue weighted by molar-refractivity contribution is 0.0528. The fourth-order valence-corrected chi connectivity index (χ4v) is 3.62. The number of hydrogen-bond donors (Lipinski definition) is 1. The number of sulfonamides is 1. The summed E-state index contributed by atoms with van der Waals surface area (Å²) in [5, 5.41) is 1.99. The maximum absolute atomic E-state index is 12.2. The Morgan fingerprint density at radius 3 is 2.81 bits per heavy atom. The molecule has 112 valence electrons. The number of carbonyl (C=O) groups is 1. The number of esters is 1. The van der Waals surface area contributed by atoms with Gasteiger partial charge in [-0.05, 0) is 30.5 Å². The summed E-state index contributed by atoms with van der Waals surface area (Å²) in [5.41, 5.74) is 0.173. The number of ether oxygens (including phenoxy) is 1. The Bertz CT molecular complexity index is 741. The Balaban J connectivity index is 2.27. The number of carbonyl (C=O) groups excluding carboxylic acids is 1. The van der Waals surface area contributed by atoms with Crippen LogP contribution in [0, 0.1) is 0 Å². The molecule has 0 spiro atoms. The Morgan fingerprint density at radius 2 is 2.19 bits per heavy atom. The molecular weight excluding hydrogens is 336 g/mol. The number of pyridine rings is 1. The Morgan fingerprint density at radius 1 is 1.43 bits per heavy atom. The molecule has 0 atom stereocenters. The third kappa shape index (κ3) is 3.72. The van der Waals surface area contributed by atoms with Gasteiger partial charge < -0.3 is 4.74 Å². The molecule has 9 heteroatoms. The van der Waals surface area contributed by atoms with Crippen LogP contribution in [0.25, 0.3) is 0 Å². The molecule has 21 heavy (non-hydrogen) atoms. The standard InChI is InChI=1S/C12H11ClN2O4S2/c1-2-19-12(16)9-5-6-20-11(9)15-21(17,18)8-3-4-10(13)14-7-8/h3-7,15H,2H2,1H3. The number of nitrogens with one attached hydrogen (secondary N) is 1. The van der Waals surface area contributed by atoms with Gasteiger partial charge in [-0.15, -0.1) is 11.3 Å². The average Bonchev–Trinajstić information content (AvgIpc) is 2.87. The molecule has 0 bridgehead atoms. The van der Waals surface area contributed by atoms with E-state index in [4.69, 9.17) is 16.3 Å². The molecule has 0 aliphatic rings. The topological polar surface area (TPSA) is 85.4 Å². The molecule has 0 saturated carbocycles. The smallest absolute Gasteiger partial charge is 0.341 e. The molecule has 0 fully saturated rings. The highest BCUT2D eigenvalue weighted by molar-refractivity contribution is 7.93. The molecule has 2 rings (SSSR count). The molecule has 2 aromatic heterocycles. The third-order valence-electron chi connectivity index (χ3n) is 2.40. The van der Waals surface area contributed by atoms with Crippen molar-refractivity contribution in [3.8, 4) is 0 Å². The van der Waals surface area contributed by atoms with E-state index < -0.39 is 16.0 Å². The van der Waals surface area contributed by atoms with E-state index in [0.29, 0.717) is 0 Å². The van der Waals surface area contributed by atoms with E-state index in [1.165, 1.54) is 18.2 Å². The first-order chi connectivity index (χ1) is 9.94. The number of thiophene rings is 1. The van der Waals surface area contributed by atoms with E-state index in [1.807, 2.05) is 0 Å². The van der Waals surface area contributed by atoms with Crippen LogP contribution in [-0.4, -0.2) is 26.0 Å². The van der Waals surface area contributed by atoms with Crippen LogP contribution in [0.5, 0.6) is 0 Å². The lowest BCUT2D eigenvalue weighted by Gasteiger charge is -2.08. The number of hydrogen-bond acceptors (Lipinski definition) is 6. The highest BCUT2D eigenvalue weighted by Gasteiger charge is 2.20. The van der Waals surface area contributed by atoms with Gasteiger partial charge in [0.15, 0.2) is 0 Å². The quantitative estimate of drug-likeness (QED) is 0.664. The van der Waals surface area contributed by atoms with E-state index in [2.05, 4.69) is 9.71 Å². The lowest BCUT2D eigenvalue weighted by atomic mass is 10.3. The molecule has 0 unspecified atom stereocenters. The molecule has 0 radical (unpaired) electrons. The van der Waals surface area contributed by atoms with Crippen molar-refractivity contribution >= 4 is 43.9 Å². The molecule has 1 N–H and O–H groups in total. The first kappa shape index (κ1) is 15.7. The molecule has 0 aliphatic heterocycles. The van der Waals surface area contributed by atoms with Crippen molar-refractivity contribution in [1.29, 1.82) is 0 Å². The molecule has 2 heterocycles. The average molecular weight is 347 g/mol. The fourth-order valence-electron chi connectivity index (χ4n) is 1.46. The molecule has 2 aromatic rings. The van der Waals surface area contributed by atoms with Gasteiger partial charge in [0.25, 0.3) is 10.0 Å². The summed E-state index contributed by atoms with van der Waals surface area (Å²) in [4.78, 5) is 15.4. The summed E-state index contributed by atoms with van der Waals surface area (Å²) in [7, 11) is -3.84. The van der Waals surface area contributed by atoms with Gasteiger partial charge in [-0.1, -0.05) is 11.6 Å². The third-order valence-corrected chi connectivity index (χ3v) is 4.92. The van der Waals surface area contributed by atoms with Crippen molar-refractivity contribution in [2.75, 3.05) is 11.3 Å². The molecular formula is C12H11ClN2O4S2. The van der Waals surface area contributed by atoms with Gasteiger partial charge in [0, 0.05) is 6.20 Å². The van der Waals surface area contributed by atoms with Crippen molar-refractivity contribution in [2.24, 2.45) is 0 Å². The van der Waals surface area contributed by atoms with E-state index >= 15 is 0 Å². The SMILES string of the molecule is CCOC(=O)c1ccsc1NS(=O)(=O)c1ccc(Cl)nc1. The van der Waals surface area contributed by atoms with Crippen LogP contribution in [0.15, 0.2) is 34.7 Å². The first-order valence-corrected chi connectivity index (χ1v) is 8.57. The summed E-state index contributed by atoms with van der Waals surface area (Å²) in [6.45, 7) is 1.88. The van der Waals surface area contributed by atoms with E-state index in [9.17, 15) is 13.2 Å². The van der Waals surface area contributed by atoms with Crippen LogP contribution in [0.1, 0.15) is 17.3 Å². The number of halogens is 1. The maximum atomic E-state index is 12.2. The summed E-state index contributed by atoms with van der Waals surface area (Å²) in [5.74, 6) is -0.578. The zero-order valence-corrected chi connectivity index (χ0v) is 13.3. The second kappa shape index (κ2) is 6.42. The lowest BCUT2D eigenvalue weighted by Crippen LogP contribution is -2.15. The minimum absolute atomic E-state index is 0.0462. The number of nitrogens with zero attached hydrogens (tertiary/aromatic N) is 1. The Labute approximate surface area is 130 Å². The van der Waals surface area contributed by atoms with Crippen LogP contribution in [-0.2, 0) is 14.8 Å². The number of aromatic nitrogens is 1. The van der Waals surface area contributed by atoms with Crippen molar-refractivity contribution in [2.45, 2.75) is 11.8 Å². The van der Waals surface area contributed by atoms with E-state index in [0.717, 1.165) is 17.5 Å². The highest BCUT2D eigenvalue weighted by atomic mass is 35.5. The number of anilines is 1. The van der Waals surface area contributed by atoms with Crippen LogP contribution < -0.4 is 4.72 Å². The fraction of sp³-hybridized carbons (Fsp3) is 0.167. The summed E-state index contributed by atoms with van der Waals surface area (Å²) >= 11 is 6.71. The Hall–Kier alpha value is -1.64. The minimum atomic E-state index is -3.84. The minimum Gasteiger partial charge on any atom is -0.462 e. The second-order valence-corrected chi connectivity index (χ2v) is 6.79. The van der Waals surface area contributed by atoms with Gasteiger partial charge in [0.05, 0.1) is 12.2 Å². The summed E-state index contributed by atoms with van der Waals surface area (Å²) < 4.78 is 31.6. The van der Waals surface area contributed by atoms with Gasteiger partial charge in [-0.25, -0.2) is 18.2 Å². The van der Waals surface area contributed by atoms with Gasteiger partial charge in [0.1, 0.15) is 15.0 Å².